The number of anilines is 1. The van der Waals surface area contributed by atoms with E-state index in [2.05, 4.69) is 40.0 Å². The van der Waals surface area contributed by atoms with E-state index in [9.17, 15) is 0 Å². The van der Waals surface area contributed by atoms with E-state index < -0.39 is 0 Å². The number of hydrogen-bond acceptors (Lipinski definition) is 3. The first-order valence-electron chi connectivity index (χ1n) is 5.93. The van der Waals surface area contributed by atoms with Crippen LogP contribution in [0.5, 0.6) is 11.5 Å². The van der Waals surface area contributed by atoms with Crippen LogP contribution in [0.25, 0.3) is 0 Å². The molecule has 0 aliphatic heterocycles. The summed E-state index contributed by atoms with van der Waals surface area (Å²) in [6, 6.07) is 14.1. The number of nitrogens with one attached hydrogen (secondary N) is 1. The standard InChI is InChI=1S/C15H16INO2/c1-18-12-7-11(8-13(9-12)19-2)10-17-15-6-4-3-5-14(15)16/h3-9,17H,10H2,1-2H3. The van der Waals surface area contributed by atoms with Crippen molar-refractivity contribution in [1.82, 2.24) is 0 Å². The third kappa shape index (κ3) is 3.76. The molecule has 0 amide bonds. The highest BCUT2D eigenvalue weighted by atomic mass is 127. The van der Waals surface area contributed by atoms with E-state index in [1.165, 1.54) is 3.57 Å². The molecule has 0 radical (unpaired) electrons. The molecular formula is C15H16INO2. The lowest BCUT2D eigenvalue weighted by atomic mass is 10.2. The molecule has 2 rings (SSSR count). The van der Waals surface area contributed by atoms with Crippen LogP contribution in [0.2, 0.25) is 0 Å². The summed E-state index contributed by atoms with van der Waals surface area (Å²) in [5.41, 5.74) is 2.25. The van der Waals surface area contributed by atoms with Crippen molar-refractivity contribution in [3.05, 3.63) is 51.6 Å². The third-order valence-corrected chi connectivity index (χ3v) is 3.71. The molecular weight excluding hydrogens is 353 g/mol. The van der Waals surface area contributed by atoms with Gasteiger partial charge in [-0.25, -0.2) is 0 Å². The second-order valence-corrected chi connectivity index (χ2v) is 5.22. The van der Waals surface area contributed by atoms with E-state index in [4.69, 9.17) is 9.47 Å². The molecule has 4 heteroatoms. The SMILES string of the molecule is COc1cc(CNc2ccccc2I)cc(OC)c1. The average Bonchev–Trinajstić information content (AvgIpc) is 2.46. The highest BCUT2D eigenvalue weighted by Gasteiger charge is 2.03. The first-order valence-corrected chi connectivity index (χ1v) is 7.01. The van der Waals surface area contributed by atoms with Crippen LogP contribution in [0.3, 0.4) is 0 Å². The predicted octanol–water partition coefficient (Wildman–Crippen LogP) is 3.92. The second kappa shape index (κ2) is 6.65. The lowest BCUT2D eigenvalue weighted by Crippen LogP contribution is -2.01. The quantitative estimate of drug-likeness (QED) is 0.811. The molecule has 0 aliphatic carbocycles. The summed E-state index contributed by atoms with van der Waals surface area (Å²) in [6.45, 7) is 0.730. The lowest BCUT2D eigenvalue weighted by Gasteiger charge is -2.11. The van der Waals surface area contributed by atoms with E-state index >= 15 is 0 Å². The van der Waals surface area contributed by atoms with Gasteiger partial charge in [0.15, 0.2) is 0 Å². The van der Waals surface area contributed by atoms with Crippen LogP contribution in [0.4, 0.5) is 5.69 Å². The van der Waals surface area contributed by atoms with Gasteiger partial charge in [0.25, 0.3) is 0 Å². The Kier molecular flexibility index (Phi) is 4.90. The van der Waals surface area contributed by atoms with Gasteiger partial charge in [0, 0.05) is 21.9 Å². The third-order valence-electron chi connectivity index (χ3n) is 2.77. The monoisotopic (exact) mass is 369 g/mol. The van der Waals surface area contributed by atoms with Gasteiger partial charge in [-0.2, -0.15) is 0 Å². The molecule has 100 valence electrons. The van der Waals surface area contributed by atoms with Crippen molar-refractivity contribution in [2.45, 2.75) is 6.54 Å². The zero-order valence-corrected chi connectivity index (χ0v) is 13.1. The number of para-hydroxylation sites is 1. The van der Waals surface area contributed by atoms with Gasteiger partial charge in [0.1, 0.15) is 11.5 Å². The van der Waals surface area contributed by atoms with Crippen molar-refractivity contribution >= 4 is 28.3 Å². The molecule has 0 saturated carbocycles. The van der Waals surface area contributed by atoms with E-state index in [0.717, 1.165) is 29.3 Å². The van der Waals surface area contributed by atoms with Gasteiger partial charge in [0.05, 0.1) is 14.2 Å². The lowest BCUT2D eigenvalue weighted by molar-refractivity contribution is 0.393. The molecule has 0 fully saturated rings. The van der Waals surface area contributed by atoms with Crippen LogP contribution < -0.4 is 14.8 Å². The maximum atomic E-state index is 5.26. The highest BCUT2D eigenvalue weighted by Crippen LogP contribution is 2.24. The Morgan fingerprint density at radius 2 is 1.63 bits per heavy atom. The number of methoxy groups -OCH3 is 2. The fourth-order valence-corrected chi connectivity index (χ4v) is 2.35. The maximum absolute atomic E-state index is 5.26. The first kappa shape index (κ1) is 14.0. The Bertz CT molecular complexity index is 535. The number of hydrogen-bond donors (Lipinski definition) is 1. The van der Waals surface area contributed by atoms with Crippen LogP contribution in [0, 0.1) is 3.57 Å². The van der Waals surface area contributed by atoms with E-state index in [0.29, 0.717) is 0 Å². The summed E-state index contributed by atoms with van der Waals surface area (Å²) in [5, 5.41) is 3.41. The zero-order chi connectivity index (χ0) is 13.7. The molecule has 2 aromatic carbocycles. The van der Waals surface area contributed by atoms with Crippen molar-refractivity contribution in [2.75, 3.05) is 19.5 Å². The molecule has 2 aromatic rings. The zero-order valence-electron chi connectivity index (χ0n) is 10.9. The molecule has 0 saturated heterocycles. The fraction of sp³-hybridized carbons (Fsp3) is 0.200. The van der Waals surface area contributed by atoms with Gasteiger partial charge < -0.3 is 14.8 Å². The van der Waals surface area contributed by atoms with Gasteiger partial charge in [-0.3, -0.25) is 0 Å². The Morgan fingerprint density at radius 3 is 2.21 bits per heavy atom. The minimum atomic E-state index is 0.730. The van der Waals surface area contributed by atoms with E-state index in [-0.39, 0.29) is 0 Å². The molecule has 0 heterocycles. The van der Waals surface area contributed by atoms with E-state index in [1.54, 1.807) is 14.2 Å². The maximum Gasteiger partial charge on any atom is 0.122 e. The Labute approximate surface area is 127 Å². The number of rotatable bonds is 5. The normalized spacial score (nSPS) is 10.1. The Hall–Kier alpha value is -1.43. The van der Waals surface area contributed by atoms with Crippen molar-refractivity contribution < 1.29 is 9.47 Å². The Morgan fingerprint density at radius 1 is 1.00 bits per heavy atom. The number of halogens is 1. The summed E-state index contributed by atoms with van der Waals surface area (Å²) in [7, 11) is 3.32. The van der Waals surface area contributed by atoms with Crippen LogP contribution in [0.1, 0.15) is 5.56 Å². The topological polar surface area (TPSA) is 30.5 Å². The molecule has 0 atom stereocenters. The largest absolute Gasteiger partial charge is 0.497 e. The molecule has 0 aromatic heterocycles. The summed E-state index contributed by atoms with van der Waals surface area (Å²) >= 11 is 2.32. The van der Waals surface area contributed by atoms with Crippen molar-refractivity contribution in [3.8, 4) is 11.5 Å². The molecule has 1 N–H and O–H groups in total. The first-order chi connectivity index (χ1) is 9.22. The Balaban J connectivity index is 2.13. The molecule has 0 aliphatic rings. The summed E-state index contributed by atoms with van der Waals surface area (Å²) in [4.78, 5) is 0. The van der Waals surface area contributed by atoms with Gasteiger partial charge in [0.2, 0.25) is 0 Å². The van der Waals surface area contributed by atoms with Gasteiger partial charge in [-0.1, -0.05) is 12.1 Å². The van der Waals surface area contributed by atoms with Crippen LogP contribution in [-0.2, 0) is 6.54 Å². The smallest absolute Gasteiger partial charge is 0.122 e. The average molecular weight is 369 g/mol. The molecule has 0 spiro atoms. The molecule has 3 nitrogen and oxygen atoms in total. The van der Waals surface area contributed by atoms with Gasteiger partial charge in [-0.05, 0) is 52.4 Å². The summed E-state index contributed by atoms with van der Waals surface area (Å²) in [5.74, 6) is 1.61. The fourth-order valence-electron chi connectivity index (χ4n) is 1.77. The molecule has 19 heavy (non-hydrogen) atoms. The predicted molar refractivity (Wildman–Crippen MR) is 86.0 cm³/mol. The van der Waals surface area contributed by atoms with Crippen LogP contribution in [-0.4, -0.2) is 14.2 Å². The molecule has 0 bridgehead atoms. The number of benzene rings is 2. The highest BCUT2D eigenvalue weighted by molar-refractivity contribution is 14.1. The van der Waals surface area contributed by atoms with Crippen LogP contribution in [0.15, 0.2) is 42.5 Å². The van der Waals surface area contributed by atoms with Crippen molar-refractivity contribution in [1.29, 1.82) is 0 Å². The minimum Gasteiger partial charge on any atom is -0.497 e. The van der Waals surface area contributed by atoms with E-state index in [1.807, 2.05) is 30.3 Å². The number of ether oxygens (including phenoxy) is 2. The minimum absolute atomic E-state index is 0.730. The van der Waals surface area contributed by atoms with Gasteiger partial charge in [-0.15, -0.1) is 0 Å². The molecule has 0 unspecified atom stereocenters. The second-order valence-electron chi connectivity index (χ2n) is 4.05. The van der Waals surface area contributed by atoms with Crippen molar-refractivity contribution in [3.63, 3.8) is 0 Å². The summed E-state index contributed by atoms with van der Waals surface area (Å²) < 4.78 is 11.7. The van der Waals surface area contributed by atoms with Crippen molar-refractivity contribution in [2.24, 2.45) is 0 Å². The summed E-state index contributed by atoms with van der Waals surface area (Å²) in [6.07, 6.45) is 0. The van der Waals surface area contributed by atoms with Crippen LogP contribution >= 0.6 is 22.6 Å². The van der Waals surface area contributed by atoms with Gasteiger partial charge >= 0.3 is 0 Å².